The molecule has 1 amide bonds. The number of carbonyl (C=O) groups is 1. The molecular weight excluding hydrogens is 254 g/mol. The summed E-state index contributed by atoms with van der Waals surface area (Å²) in [5.74, 6) is 0.840. The molecule has 1 aromatic heterocycles. The minimum absolute atomic E-state index is 0.0494. The summed E-state index contributed by atoms with van der Waals surface area (Å²) in [5.41, 5.74) is 2.80. The first-order valence-electron chi connectivity index (χ1n) is 6.81. The molecule has 0 saturated heterocycles. The predicted octanol–water partition coefficient (Wildman–Crippen LogP) is 2.01. The van der Waals surface area contributed by atoms with Crippen LogP contribution in [0.15, 0.2) is 30.6 Å². The van der Waals surface area contributed by atoms with Crippen molar-refractivity contribution >= 4 is 5.91 Å². The first-order valence-corrected chi connectivity index (χ1v) is 6.81. The van der Waals surface area contributed by atoms with E-state index in [-0.39, 0.29) is 5.91 Å². The van der Waals surface area contributed by atoms with E-state index in [4.69, 9.17) is 4.74 Å². The Bertz CT molecular complexity index is 604. The smallest absolute Gasteiger partial charge is 0.254 e. The SMILES string of the molecule is CCOc1ccc(C(=O)N2CCc3nc[nH]c3C2)cc1. The van der Waals surface area contributed by atoms with Gasteiger partial charge in [-0.05, 0) is 31.2 Å². The van der Waals surface area contributed by atoms with E-state index in [1.807, 2.05) is 36.1 Å². The van der Waals surface area contributed by atoms with Gasteiger partial charge in [0, 0.05) is 18.5 Å². The summed E-state index contributed by atoms with van der Waals surface area (Å²) >= 11 is 0. The largest absolute Gasteiger partial charge is 0.494 e. The summed E-state index contributed by atoms with van der Waals surface area (Å²) in [5, 5.41) is 0. The molecule has 0 fully saturated rings. The van der Waals surface area contributed by atoms with Gasteiger partial charge in [-0.15, -0.1) is 0 Å². The maximum atomic E-state index is 12.5. The van der Waals surface area contributed by atoms with E-state index in [1.165, 1.54) is 0 Å². The Balaban J connectivity index is 1.73. The molecule has 3 rings (SSSR count). The molecule has 2 heterocycles. The number of amides is 1. The summed E-state index contributed by atoms with van der Waals surface area (Å²) in [6, 6.07) is 7.30. The molecule has 20 heavy (non-hydrogen) atoms. The van der Waals surface area contributed by atoms with Crippen LogP contribution in [0.2, 0.25) is 0 Å². The lowest BCUT2D eigenvalue weighted by molar-refractivity contribution is 0.0732. The van der Waals surface area contributed by atoms with Gasteiger partial charge in [-0.3, -0.25) is 4.79 Å². The summed E-state index contributed by atoms with van der Waals surface area (Å²) in [6.45, 7) is 3.88. The summed E-state index contributed by atoms with van der Waals surface area (Å²) < 4.78 is 5.38. The van der Waals surface area contributed by atoms with E-state index in [9.17, 15) is 4.79 Å². The van der Waals surface area contributed by atoms with E-state index in [1.54, 1.807) is 6.33 Å². The molecule has 1 aromatic carbocycles. The molecule has 0 bridgehead atoms. The molecule has 1 aliphatic rings. The Morgan fingerprint density at radius 1 is 1.40 bits per heavy atom. The maximum Gasteiger partial charge on any atom is 0.254 e. The van der Waals surface area contributed by atoms with E-state index in [2.05, 4.69) is 9.97 Å². The van der Waals surface area contributed by atoms with Crippen molar-refractivity contribution in [1.82, 2.24) is 14.9 Å². The number of imidazole rings is 1. The van der Waals surface area contributed by atoms with Crippen LogP contribution in [-0.2, 0) is 13.0 Å². The third-order valence-electron chi connectivity index (χ3n) is 3.47. The highest BCUT2D eigenvalue weighted by Gasteiger charge is 2.23. The zero-order valence-corrected chi connectivity index (χ0v) is 11.4. The Hall–Kier alpha value is -2.30. The number of rotatable bonds is 3. The molecule has 104 valence electrons. The van der Waals surface area contributed by atoms with Gasteiger partial charge in [0.1, 0.15) is 5.75 Å². The van der Waals surface area contributed by atoms with Crippen molar-refractivity contribution in [2.75, 3.05) is 13.2 Å². The number of benzene rings is 1. The molecule has 0 unspecified atom stereocenters. The van der Waals surface area contributed by atoms with Gasteiger partial charge < -0.3 is 14.6 Å². The van der Waals surface area contributed by atoms with Gasteiger partial charge in [-0.1, -0.05) is 0 Å². The molecule has 2 aromatic rings. The molecule has 0 radical (unpaired) electrons. The molecule has 0 aliphatic carbocycles. The standard InChI is InChI=1S/C15H17N3O2/c1-2-20-12-5-3-11(4-6-12)15(19)18-8-7-13-14(9-18)17-10-16-13/h3-6,10H,2,7-9H2,1H3,(H,16,17). The van der Waals surface area contributed by atoms with Crippen molar-refractivity contribution in [3.8, 4) is 5.75 Å². The average molecular weight is 271 g/mol. The third-order valence-corrected chi connectivity index (χ3v) is 3.47. The van der Waals surface area contributed by atoms with Gasteiger partial charge in [0.15, 0.2) is 0 Å². The van der Waals surface area contributed by atoms with Crippen molar-refractivity contribution in [2.45, 2.75) is 19.9 Å². The van der Waals surface area contributed by atoms with Crippen molar-refractivity contribution in [2.24, 2.45) is 0 Å². The number of fused-ring (bicyclic) bond motifs is 1. The highest BCUT2D eigenvalue weighted by atomic mass is 16.5. The molecule has 1 aliphatic heterocycles. The first kappa shape index (κ1) is 12.7. The van der Waals surface area contributed by atoms with Gasteiger partial charge in [0.2, 0.25) is 0 Å². The van der Waals surface area contributed by atoms with Crippen molar-refractivity contribution in [1.29, 1.82) is 0 Å². The second kappa shape index (κ2) is 5.36. The number of aromatic amines is 1. The van der Waals surface area contributed by atoms with Crippen LogP contribution in [0.4, 0.5) is 0 Å². The first-order chi connectivity index (χ1) is 9.78. The van der Waals surface area contributed by atoms with Crippen LogP contribution in [0.1, 0.15) is 28.7 Å². The second-order valence-corrected chi connectivity index (χ2v) is 4.76. The fraction of sp³-hybridized carbons (Fsp3) is 0.333. The lowest BCUT2D eigenvalue weighted by Gasteiger charge is -2.26. The molecule has 1 N–H and O–H groups in total. The third kappa shape index (κ3) is 2.39. The molecular formula is C15H17N3O2. The van der Waals surface area contributed by atoms with E-state index < -0.39 is 0 Å². The lowest BCUT2D eigenvalue weighted by Crippen LogP contribution is -2.36. The van der Waals surface area contributed by atoms with Crippen molar-refractivity contribution in [3.05, 3.63) is 47.5 Å². The number of nitrogens with zero attached hydrogens (tertiary/aromatic N) is 2. The number of aromatic nitrogens is 2. The van der Waals surface area contributed by atoms with E-state index in [0.29, 0.717) is 25.3 Å². The van der Waals surface area contributed by atoms with Gasteiger partial charge in [0.05, 0.1) is 30.9 Å². The molecule has 0 saturated carbocycles. The van der Waals surface area contributed by atoms with Gasteiger partial charge in [-0.2, -0.15) is 0 Å². The Kier molecular flexibility index (Phi) is 3.41. The normalized spacial score (nSPS) is 13.9. The molecule has 5 heteroatoms. The minimum atomic E-state index is 0.0494. The van der Waals surface area contributed by atoms with Gasteiger partial charge in [0.25, 0.3) is 5.91 Å². The zero-order chi connectivity index (χ0) is 13.9. The second-order valence-electron chi connectivity index (χ2n) is 4.76. The van der Waals surface area contributed by atoms with Crippen molar-refractivity contribution < 1.29 is 9.53 Å². The topological polar surface area (TPSA) is 58.2 Å². The lowest BCUT2D eigenvalue weighted by atomic mass is 10.1. The van der Waals surface area contributed by atoms with Crippen LogP contribution in [-0.4, -0.2) is 33.9 Å². The van der Waals surface area contributed by atoms with Gasteiger partial charge in [-0.25, -0.2) is 4.98 Å². The Morgan fingerprint density at radius 3 is 2.95 bits per heavy atom. The van der Waals surface area contributed by atoms with Crippen LogP contribution >= 0.6 is 0 Å². The summed E-state index contributed by atoms with van der Waals surface area (Å²) in [4.78, 5) is 21.6. The molecule has 5 nitrogen and oxygen atoms in total. The van der Waals surface area contributed by atoms with E-state index >= 15 is 0 Å². The van der Waals surface area contributed by atoms with Crippen LogP contribution in [0.25, 0.3) is 0 Å². The molecule has 0 atom stereocenters. The highest BCUT2D eigenvalue weighted by molar-refractivity contribution is 5.94. The number of carbonyl (C=O) groups excluding carboxylic acids is 1. The van der Waals surface area contributed by atoms with Crippen LogP contribution in [0.3, 0.4) is 0 Å². The fourth-order valence-corrected chi connectivity index (χ4v) is 2.43. The number of hydrogen-bond donors (Lipinski definition) is 1. The van der Waals surface area contributed by atoms with Crippen LogP contribution < -0.4 is 4.74 Å². The highest BCUT2D eigenvalue weighted by Crippen LogP contribution is 2.19. The number of hydrogen-bond acceptors (Lipinski definition) is 3. The average Bonchev–Trinajstić information content (AvgIpc) is 2.95. The maximum absolute atomic E-state index is 12.5. The van der Waals surface area contributed by atoms with Crippen molar-refractivity contribution in [3.63, 3.8) is 0 Å². The summed E-state index contributed by atoms with van der Waals surface area (Å²) in [6.07, 6.45) is 2.50. The summed E-state index contributed by atoms with van der Waals surface area (Å²) in [7, 11) is 0. The molecule has 0 spiro atoms. The number of nitrogens with one attached hydrogen (secondary N) is 1. The van der Waals surface area contributed by atoms with Crippen LogP contribution in [0, 0.1) is 0 Å². The zero-order valence-electron chi connectivity index (χ0n) is 11.4. The Labute approximate surface area is 117 Å². The monoisotopic (exact) mass is 271 g/mol. The van der Waals surface area contributed by atoms with Crippen LogP contribution in [0.5, 0.6) is 5.75 Å². The number of H-pyrrole nitrogens is 1. The number of ether oxygens (including phenoxy) is 1. The fourth-order valence-electron chi connectivity index (χ4n) is 2.43. The predicted molar refractivity (Wildman–Crippen MR) is 74.6 cm³/mol. The minimum Gasteiger partial charge on any atom is -0.494 e. The van der Waals surface area contributed by atoms with Gasteiger partial charge >= 0.3 is 0 Å². The quantitative estimate of drug-likeness (QED) is 0.929. The Morgan fingerprint density at radius 2 is 2.20 bits per heavy atom. The van der Waals surface area contributed by atoms with E-state index in [0.717, 1.165) is 23.6 Å².